The molecule has 7 nitrogen and oxygen atoms in total. The topological polar surface area (TPSA) is 82.6 Å². The van der Waals surface area contributed by atoms with Crippen LogP contribution in [0.2, 0.25) is 0 Å². The number of hydrogen-bond donors (Lipinski definition) is 1. The summed E-state index contributed by atoms with van der Waals surface area (Å²) in [6.07, 6.45) is 1.40. The fourth-order valence-corrected chi connectivity index (χ4v) is 4.86. The van der Waals surface area contributed by atoms with Crippen molar-refractivity contribution in [1.29, 1.82) is 0 Å². The second-order valence-electron chi connectivity index (χ2n) is 7.83. The highest BCUT2D eigenvalue weighted by molar-refractivity contribution is 7.09. The lowest BCUT2D eigenvalue weighted by molar-refractivity contribution is -0.140. The Balaban J connectivity index is 1.80. The van der Waals surface area contributed by atoms with Crippen LogP contribution in [0, 0.1) is 18.8 Å². The quantitative estimate of drug-likeness (QED) is 0.826. The first-order valence-electron chi connectivity index (χ1n) is 9.62. The van der Waals surface area contributed by atoms with Crippen molar-refractivity contribution in [2.24, 2.45) is 11.8 Å². The Morgan fingerprint density at radius 1 is 1.41 bits per heavy atom. The van der Waals surface area contributed by atoms with E-state index in [9.17, 15) is 14.4 Å². The van der Waals surface area contributed by atoms with E-state index in [0.29, 0.717) is 31.1 Å². The molecule has 8 heteroatoms. The summed E-state index contributed by atoms with van der Waals surface area (Å²) in [5.74, 6) is -0.0782. The predicted octanol–water partition coefficient (Wildman–Crippen LogP) is 1.68. The number of nitrogens with one attached hydrogen (secondary N) is 1. The van der Waals surface area contributed by atoms with Gasteiger partial charge in [0, 0.05) is 24.5 Å². The molecule has 1 aromatic rings. The van der Waals surface area contributed by atoms with Crippen LogP contribution >= 0.6 is 11.3 Å². The molecular formula is C19H28N4O3S. The maximum absolute atomic E-state index is 12.9. The summed E-state index contributed by atoms with van der Waals surface area (Å²) in [5.41, 5.74) is 0.399. The van der Waals surface area contributed by atoms with E-state index in [2.05, 4.69) is 24.1 Å². The number of aryl methyl sites for hydroxylation is 1. The van der Waals surface area contributed by atoms with Crippen molar-refractivity contribution in [3.05, 3.63) is 16.1 Å². The Labute approximate surface area is 164 Å². The molecule has 2 aliphatic rings. The molecular weight excluding hydrogens is 364 g/mol. The van der Waals surface area contributed by atoms with Crippen molar-refractivity contribution < 1.29 is 14.4 Å². The van der Waals surface area contributed by atoms with Crippen molar-refractivity contribution in [2.75, 3.05) is 19.6 Å². The van der Waals surface area contributed by atoms with Gasteiger partial charge in [-0.2, -0.15) is 0 Å². The first-order valence-corrected chi connectivity index (χ1v) is 10.5. The van der Waals surface area contributed by atoms with Crippen LogP contribution in [0.3, 0.4) is 0 Å². The van der Waals surface area contributed by atoms with Gasteiger partial charge in [0.2, 0.25) is 11.8 Å². The zero-order valence-electron chi connectivity index (χ0n) is 16.4. The van der Waals surface area contributed by atoms with Gasteiger partial charge in [-0.3, -0.25) is 14.4 Å². The van der Waals surface area contributed by atoms with Crippen molar-refractivity contribution in [3.8, 4) is 0 Å². The van der Waals surface area contributed by atoms with E-state index in [-0.39, 0.29) is 42.3 Å². The third-order valence-corrected chi connectivity index (χ3v) is 6.09. The molecule has 148 valence electrons. The van der Waals surface area contributed by atoms with Crippen LogP contribution in [0.4, 0.5) is 0 Å². The summed E-state index contributed by atoms with van der Waals surface area (Å²) in [5, 5.41) is 5.48. The number of nitrogens with zero attached hydrogens (tertiary/aromatic N) is 3. The van der Waals surface area contributed by atoms with Gasteiger partial charge >= 0.3 is 0 Å². The van der Waals surface area contributed by atoms with Crippen LogP contribution in [0.5, 0.6) is 0 Å². The van der Waals surface area contributed by atoms with Crippen molar-refractivity contribution in [3.63, 3.8) is 0 Å². The molecule has 1 N–H and O–H groups in total. The molecule has 0 unspecified atom stereocenters. The Hall–Kier alpha value is -1.96. The van der Waals surface area contributed by atoms with Crippen LogP contribution in [0.15, 0.2) is 5.38 Å². The monoisotopic (exact) mass is 392 g/mol. The number of aromatic nitrogens is 1. The van der Waals surface area contributed by atoms with Crippen LogP contribution < -0.4 is 5.32 Å². The molecule has 2 aliphatic heterocycles. The third kappa shape index (κ3) is 4.00. The standard InChI is InChI=1S/C19H28N4O3S/c1-5-20-18(25)14-7-13-8-22(19(26)15-10-27-12(4)21-15)9-17(24)23(13)16(14)6-11(2)3/h10-11,13-14,16H,5-9H2,1-4H3,(H,20,25)/t13-,14-,16-/m1/s1. The molecule has 1 aromatic heterocycles. The maximum Gasteiger partial charge on any atom is 0.273 e. The van der Waals surface area contributed by atoms with Crippen LogP contribution in [0.1, 0.15) is 49.1 Å². The predicted molar refractivity (Wildman–Crippen MR) is 103 cm³/mol. The molecule has 0 aliphatic carbocycles. The lowest BCUT2D eigenvalue weighted by atomic mass is 9.91. The van der Waals surface area contributed by atoms with Gasteiger partial charge in [-0.1, -0.05) is 13.8 Å². The van der Waals surface area contributed by atoms with E-state index in [1.807, 2.05) is 18.7 Å². The molecule has 3 heterocycles. The fraction of sp³-hybridized carbons (Fsp3) is 0.684. The summed E-state index contributed by atoms with van der Waals surface area (Å²) in [7, 11) is 0. The van der Waals surface area contributed by atoms with Gasteiger partial charge < -0.3 is 15.1 Å². The fourth-order valence-electron chi connectivity index (χ4n) is 4.27. The summed E-state index contributed by atoms with van der Waals surface area (Å²) in [4.78, 5) is 46.0. The lowest BCUT2D eigenvalue weighted by Crippen LogP contribution is -2.58. The van der Waals surface area contributed by atoms with Crippen LogP contribution in [-0.4, -0.2) is 64.2 Å². The van der Waals surface area contributed by atoms with Crippen molar-refractivity contribution >= 4 is 29.1 Å². The van der Waals surface area contributed by atoms with Gasteiger partial charge in [0.05, 0.1) is 17.0 Å². The number of amides is 3. The summed E-state index contributed by atoms with van der Waals surface area (Å²) in [6, 6.07) is -0.195. The summed E-state index contributed by atoms with van der Waals surface area (Å²) in [6.45, 7) is 9.08. The second kappa shape index (κ2) is 7.96. The average molecular weight is 393 g/mol. The van der Waals surface area contributed by atoms with Gasteiger partial charge in [0.15, 0.2) is 0 Å². The summed E-state index contributed by atoms with van der Waals surface area (Å²) >= 11 is 1.43. The Morgan fingerprint density at radius 3 is 2.74 bits per heavy atom. The maximum atomic E-state index is 12.9. The minimum absolute atomic E-state index is 0.0124. The van der Waals surface area contributed by atoms with E-state index >= 15 is 0 Å². The Kier molecular flexibility index (Phi) is 5.83. The number of rotatable bonds is 5. The highest BCUT2D eigenvalue weighted by Gasteiger charge is 2.50. The highest BCUT2D eigenvalue weighted by Crippen LogP contribution is 2.36. The molecule has 0 spiro atoms. The van der Waals surface area contributed by atoms with Crippen molar-refractivity contribution in [2.45, 2.75) is 52.6 Å². The number of carbonyl (C=O) groups is 3. The van der Waals surface area contributed by atoms with Gasteiger partial charge in [0.1, 0.15) is 12.2 Å². The minimum atomic E-state index is -0.210. The first-order chi connectivity index (χ1) is 12.8. The molecule has 3 amide bonds. The zero-order chi connectivity index (χ0) is 19.7. The highest BCUT2D eigenvalue weighted by atomic mass is 32.1. The number of hydrogen-bond acceptors (Lipinski definition) is 5. The Morgan fingerprint density at radius 2 is 2.15 bits per heavy atom. The van der Waals surface area contributed by atoms with E-state index in [4.69, 9.17) is 0 Å². The van der Waals surface area contributed by atoms with E-state index in [1.165, 1.54) is 11.3 Å². The van der Waals surface area contributed by atoms with Gasteiger partial charge in [-0.05, 0) is 32.6 Å². The second-order valence-corrected chi connectivity index (χ2v) is 8.89. The number of carbonyl (C=O) groups excluding carboxylic acids is 3. The molecule has 0 saturated carbocycles. The molecule has 27 heavy (non-hydrogen) atoms. The molecule has 3 atom stereocenters. The van der Waals surface area contributed by atoms with E-state index in [0.717, 1.165) is 11.4 Å². The van der Waals surface area contributed by atoms with Crippen molar-refractivity contribution in [1.82, 2.24) is 20.1 Å². The third-order valence-electron chi connectivity index (χ3n) is 5.31. The van der Waals surface area contributed by atoms with E-state index in [1.54, 1.807) is 10.3 Å². The molecule has 0 bridgehead atoms. The Bertz CT molecular complexity index is 732. The average Bonchev–Trinajstić information content (AvgIpc) is 3.18. The number of thiazole rings is 1. The van der Waals surface area contributed by atoms with Crippen LogP contribution in [0.25, 0.3) is 0 Å². The number of piperazine rings is 1. The van der Waals surface area contributed by atoms with Crippen LogP contribution in [-0.2, 0) is 9.59 Å². The summed E-state index contributed by atoms with van der Waals surface area (Å²) < 4.78 is 0. The van der Waals surface area contributed by atoms with E-state index < -0.39 is 0 Å². The molecule has 0 radical (unpaired) electrons. The van der Waals surface area contributed by atoms with Gasteiger partial charge in [-0.15, -0.1) is 11.3 Å². The first kappa shape index (κ1) is 19.8. The largest absolute Gasteiger partial charge is 0.356 e. The SMILES string of the molecule is CCNC(=O)[C@@H]1C[C@@H]2CN(C(=O)c3csc(C)n3)CC(=O)N2[C@@H]1CC(C)C. The molecule has 2 saturated heterocycles. The van der Waals surface area contributed by atoms with Gasteiger partial charge in [0.25, 0.3) is 5.91 Å². The number of fused-ring (bicyclic) bond motifs is 1. The molecule has 3 rings (SSSR count). The molecule has 2 fully saturated rings. The minimum Gasteiger partial charge on any atom is -0.356 e. The normalized spacial score (nSPS) is 25.1. The molecule has 0 aromatic carbocycles. The zero-order valence-corrected chi connectivity index (χ0v) is 17.2. The lowest BCUT2D eigenvalue weighted by Gasteiger charge is -2.40. The smallest absolute Gasteiger partial charge is 0.273 e. The van der Waals surface area contributed by atoms with Gasteiger partial charge in [-0.25, -0.2) is 4.98 Å².